The Labute approximate surface area is 151 Å². The molecule has 2 nitrogen and oxygen atoms in total. The van der Waals surface area contributed by atoms with Crippen molar-refractivity contribution in [3.8, 4) is 0 Å². The molecule has 0 spiro atoms. The molecule has 1 amide bonds. The van der Waals surface area contributed by atoms with Crippen LogP contribution in [0.4, 0.5) is 10.1 Å². The predicted octanol–water partition coefficient (Wildman–Crippen LogP) is 4.89. The molecule has 0 bridgehead atoms. The summed E-state index contributed by atoms with van der Waals surface area (Å²) in [6.07, 6.45) is 0. The normalized spacial score (nSPS) is 10.3. The highest BCUT2D eigenvalue weighted by Gasteiger charge is 2.14. The van der Waals surface area contributed by atoms with Gasteiger partial charge < -0.3 is 5.32 Å². The number of hydrogen-bond acceptors (Lipinski definition) is 1. The second-order valence-electron chi connectivity index (χ2n) is 3.68. The third-order valence-electron chi connectivity index (χ3n) is 2.36. The number of halogens is 4. The average molecular weight is 593 g/mol. The van der Waals surface area contributed by atoms with Gasteiger partial charge in [-0.1, -0.05) is 12.1 Å². The summed E-state index contributed by atoms with van der Waals surface area (Å²) in [5, 5.41) is 2.77. The lowest BCUT2D eigenvalue weighted by Crippen LogP contribution is -2.15. The summed E-state index contributed by atoms with van der Waals surface area (Å²) in [6.45, 7) is 0. The predicted molar refractivity (Wildman–Crippen MR) is 98.9 cm³/mol. The number of carbonyl (C=O) groups is 1. The number of anilines is 1. The highest BCUT2D eigenvalue weighted by atomic mass is 127. The number of nitrogens with one attached hydrogen (secondary N) is 1. The van der Waals surface area contributed by atoms with Crippen molar-refractivity contribution in [1.82, 2.24) is 0 Å². The Balaban J connectivity index is 2.32. The van der Waals surface area contributed by atoms with Crippen LogP contribution in [0.15, 0.2) is 36.4 Å². The maximum absolute atomic E-state index is 13.5. The SMILES string of the molecule is O=C(Nc1c(I)cc(I)cc1I)c1ccccc1F. The fourth-order valence-electron chi connectivity index (χ4n) is 1.49. The third-order valence-corrected chi connectivity index (χ3v) is 4.69. The number of benzene rings is 2. The second-order valence-corrected chi connectivity index (χ2v) is 7.25. The summed E-state index contributed by atoms with van der Waals surface area (Å²) in [6, 6.07) is 9.86. The van der Waals surface area contributed by atoms with E-state index in [0.29, 0.717) is 0 Å². The first-order valence-corrected chi connectivity index (χ1v) is 8.43. The van der Waals surface area contributed by atoms with Crippen LogP contribution in [0.3, 0.4) is 0 Å². The van der Waals surface area contributed by atoms with Gasteiger partial charge in [-0.25, -0.2) is 4.39 Å². The van der Waals surface area contributed by atoms with Crippen LogP contribution in [0.25, 0.3) is 0 Å². The van der Waals surface area contributed by atoms with E-state index in [2.05, 4.69) is 73.1 Å². The number of hydrogen-bond donors (Lipinski definition) is 1. The smallest absolute Gasteiger partial charge is 0.258 e. The summed E-state index contributed by atoms with van der Waals surface area (Å²) in [7, 11) is 0. The first kappa shape index (κ1) is 15.4. The van der Waals surface area contributed by atoms with Crippen LogP contribution < -0.4 is 5.32 Å². The van der Waals surface area contributed by atoms with E-state index in [1.165, 1.54) is 12.1 Å². The molecule has 0 fully saturated rings. The molecule has 0 atom stereocenters. The molecule has 2 rings (SSSR count). The van der Waals surface area contributed by atoms with Crippen LogP contribution in [0.5, 0.6) is 0 Å². The van der Waals surface area contributed by atoms with Crippen LogP contribution in [0.2, 0.25) is 0 Å². The topological polar surface area (TPSA) is 29.1 Å². The van der Waals surface area contributed by atoms with Gasteiger partial charge in [0.2, 0.25) is 0 Å². The molecule has 98 valence electrons. The Bertz CT molecular complexity index is 623. The van der Waals surface area contributed by atoms with Gasteiger partial charge in [-0.3, -0.25) is 4.79 Å². The molecular formula is C13H7FI3NO. The Hall–Kier alpha value is 0.0300. The van der Waals surface area contributed by atoms with Gasteiger partial charge in [0.05, 0.1) is 11.3 Å². The molecule has 0 saturated heterocycles. The molecule has 0 aliphatic heterocycles. The minimum atomic E-state index is -0.518. The van der Waals surface area contributed by atoms with Crippen molar-refractivity contribution in [1.29, 1.82) is 0 Å². The molecule has 0 aliphatic carbocycles. The highest BCUT2D eigenvalue weighted by molar-refractivity contribution is 14.1. The van der Waals surface area contributed by atoms with Gasteiger partial charge in [0, 0.05) is 10.7 Å². The lowest BCUT2D eigenvalue weighted by atomic mass is 10.2. The monoisotopic (exact) mass is 593 g/mol. The van der Waals surface area contributed by atoms with Gasteiger partial charge in [0.1, 0.15) is 5.82 Å². The van der Waals surface area contributed by atoms with E-state index in [4.69, 9.17) is 0 Å². The summed E-state index contributed by atoms with van der Waals surface area (Å²) in [5.74, 6) is -0.953. The molecule has 0 aromatic heterocycles. The summed E-state index contributed by atoms with van der Waals surface area (Å²) < 4.78 is 16.5. The van der Waals surface area contributed by atoms with E-state index in [1.54, 1.807) is 12.1 Å². The zero-order valence-electron chi connectivity index (χ0n) is 9.38. The van der Waals surface area contributed by atoms with Crippen LogP contribution in [0, 0.1) is 16.5 Å². The first-order chi connectivity index (χ1) is 8.99. The van der Waals surface area contributed by atoms with Crippen molar-refractivity contribution in [3.63, 3.8) is 0 Å². The molecule has 19 heavy (non-hydrogen) atoms. The van der Waals surface area contributed by atoms with Crippen LogP contribution in [0.1, 0.15) is 10.4 Å². The fourth-order valence-corrected chi connectivity index (χ4v) is 5.34. The Morgan fingerprint density at radius 2 is 1.63 bits per heavy atom. The zero-order chi connectivity index (χ0) is 14.0. The fraction of sp³-hybridized carbons (Fsp3) is 0. The molecule has 2 aromatic carbocycles. The summed E-state index contributed by atoms with van der Waals surface area (Å²) in [4.78, 5) is 12.1. The van der Waals surface area contributed by atoms with Crippen LogP contribution in [-0.2, 0) is 0 Å². The second kappa shape index (κ2) is 6.66. The molecule has 0 aliphatic rings. The molecule has 1 N–H and O–H groups in total. The van der Waals surface area contributed by atoms with Gasteiger partial charge in [0.25, 0.3) is 5.91 Å². The van der Waals surface area contributed by atoms with Crippen molar-refractivity contribution in [3.05, 3.63) is 58.5 Å². The largest absolute Gasteiger partial charge is 0.320 e. The summed E-state index contributed by atoms with van der Waals surface area (Å²) in [5.41, 5.74) is 0.766. The van der Waals surface area contributed by atoms with Gasteiger partial charge in [0.15, 0.2) is 0 Å². The molecular weight excluding hydrogens is 586 g/mol. The highest BCUT2D eigenvalue weighted by Crippen LogP contribution is 2.27. The first-order valence-electron chi connectivity index (χ1n) is 5.19. The van der Waals surface area contributed by atoms with E-state index >= 15 is 0 Å². The third kappa shape index (κ3) is 3.78. The Morgan fingerprint density at radius 3 is 2.21 bits per heavy atom. The standard InChI is InChI=1S/C13H7FI3NO/c14-9-4-2-1-3-8(9)13(19)18-12-10(16)5-7(15)6-11(12)17/h1-6H,(H,18,19). The van der Waals surface area contributed by atoms with E-state index in [0.717, 1.165) is 16.4 Å². The molecule has 0 radical (unpaired) electrons. The maximum atomic E-state index is 13.5. The molecule has 0 unspecified atom stereocenters. The zero-order valence-corrected chi connectivity index (χ0v) is 15.9. The average Bonchev–Trinajstić information content (AvgIpc) is 2.34. The lowest BCUT2D eigenvalue weighted by molar-refractivity contribution is 0.102. The quantitative estimate of drug-likeness (QED) is 0.495. The molecule has 2 aromatic rings. The van der Waals surface area contributed by atoms with Crippen molar-refractivity contribution in [2.45, 2.75) is 0 Å². The number of carbonyl (C=O) groups excluding carboxylic acids is 1. The maximum Gasteiger partial charge on any atom is 0.258 e. The lowest BCUT2D eigenvalue weighted by Gasteiger charge is -2.11. The minimum absolute atomic E-state index is 0.0488. The molecule has 0 saturated carbocycles. The van der Waals surface area contributed by atoms with Crippen molar-refractivity contribution in [2.24, 2.45) is 0 Å². The van der Waals surface area contributed by atoms with E-state index < -0.39 is 11.7 Å². The van der Waals surface area contributed by atoms with E-state index in [9.17, 15) is 9.18 Å². The number of amides is 1. The molecule has 6 heteroatoms. The van der Waals surface area contributed by atoms with Gasteiger partial charge >= 0.3 is 0 Å². The van der Waals surface area contributed by atoms with Crippen molar-refractivity contribution >= 4 is 79.4 Å². The van der Waals surface area contributed by atoms with Gasteiger partial charge in [-0.05, 0) is 92.0 Å². The molecule has 0 heterocycles. The number of rotatable bonds is 2. The van der Waals surface area contributed by atoms with Crippen LogP contribution >= 0.6 is 67.8 Å². The van der Waals surface area contributed by atoms with Crippen molar-refractivity contribution in [2.75, 3.05) is 5.32 Å². The van der Waals surface area contributed by atoms with E-state index in [-0.39, 0.29) is 5.56 Å². The van der Waals surface area contributed by atoms with E-state index in [1.807, 2.05) is 12.1 Å². The Kier molecular flexibility index (Phi) is 5.40. The Morgan fingerprint density at radius 1 is 1.05 bits per heavy atom. The van der Waals surface area contributed by atoms with Crippen molar-refractivity contribution < 1.29 is 9.18 Å². The summed E-state index contributed by atoms with van der Waals surface area (Å²) >= 11 is 6.53. The van der Waals surface area contributed by atoms with Gasteiger partial charge in [-0.15, -0.1) is 0 Å². The van der Waals surface area contributed by atoms with Crippen LogP contribution in [-0.4, -0.2) is 5.91 Å². The minimum Gasteiger partial charge on any atom is -0.320 e. The van der Waals surface area contributed by atoms with Gasteiger partial charge in [-0.2, -0.15) is 0 Å².